The van der Waals surface area contributed by atoms with Crippen molar-refractivity contribution in [1.29, 1.82) is 0 Å². The molecule has 0 spiro atoms. The fraction of sp³-hybridized carbons (Fsp3) is 0.176. The average Bonchev–Trinajstić information content (AvgIpc) is 3.02. The highest BCUT2D eigenvalue weighted by Gasteiger charge is 2.36. The van der Waals surface area contributed by atoms with Crippen LogP contribution < -0.4 is 4.90 Å². The van der Waals surface area contributed by atoms with Crippen LogP contribution in [0, 0.1) is 6.92 Å². The van der Waals surface area contributed by atoms with Gasteiger partial charge in [-0.25, -0.2) is 9.97 Å². The normalized spacial score (nSPS) is 11.4. The van der Waals surface area contributed by atoms with E-state index in [0.29, 0.717) is 21.3 Å². The molecule has 3 aromatic rings. The van der Waals surface area contributed by atoms with Crippen molar-refractivity contribution in [1.82, 2.24) is 15.0 Å². The van der Waals surface area contributed by atoms with Crippen LogP contribution in [-0.2, 0) is 0 Å². The smallest absolute Gasteiger partial charge is 0.283 e. The summed E-state index contributed by atoms with van der Waals surface area (Å²) < 4.78 is 39.0. The molecule has 3 aromatic heterocycles. The molecule has 0 radical (unpaired) electrons. The molecule has 0 atom stereocenters. The second kappa shape index (κ2) is 7.20. The molecule has 0 bridgehead atoms. The van der Waals surface area contributed by atoms with Gasteiger partial charge >= 0.3 is 6.18 Å². The van der Waals surface area contributed by atoms with Crippen LogP contribution in [0.4, 0.5) is 19.0 Å². The van der Waals surface area contributed by atoms with Crippen LogP contribution in [0.5, 0.6) is 0 Å². The van der Waals surface area contributed by atoms with Crippen molar-refractivity contribution < 1.29 is 18.0 Å². The molecular weight excluding hydrogens is 365 g/mol. The summed E-state index contributed by atoms with van der Waals surface area (Å²) in [5.41, 5.74) is 0.906. The van der Waals surface area contributed by atoms with E-state index in [9.17, 15) is 18.0 Å². The number of aryl methyl sites for hydroxylation is 1. The Morgan fingerprint density at radius 2 is 1.81 bits per heavy atom. The summed E-state index contributed by atoms with van der Waals surface area (Å²) in [6.45, 7) is 0.152. The number of pyridine rings is 2. The zero-order chi connectivity index (χ0) is 18.7. The number of carbonyl (C=O) groups is 1. The second-order valence-corrected chi connectivity index (χ2v) is 6.34. The number of carbonyl (C=O) groups excluding carboxylic acids is 1. The first-order valence-electron chi connectivity index (χ1n) is 7.53. The number of aromatic nitrogens is 3. The molecule has 134 valence electrons. The molecule has 9 heteroatoms. The van der Waals surface area contributed by atoms with E-state index in [0.717, 1.165) is 11.3 Å². The minimum atomic E-state index is -4.56. The predicted molar refractivity (Wildman–Crippen MR) is 92.1 cm³/mol. The van der Waals surface area contributed by atoms with Crippen molar-refractivity contribution in [3.8, 4) is 10.7 Å². The molecule has 0 aliphatic carbocycles. The molecule has 3 rings (SSSR count). The quantitative estimate of drug-likeness (QED) is 0.685. The van der Waals surface area contributed by atoms with E-state index in [2.05, 4.69) is 15.0 Å². The number of anilines is 1. The van der Waals surface area contributed by atoms with Gasteiger partial charge in [0, 0.05) is 12.4 Å². The number of amides is 1. The fourth-order valence-electron chi connectivity index (χ4n) is 2.27. The fourth-order valence-corrected chi connectivity index (χ4v) is 3.26. The Hall–Kier alpha value is -2.81. The third kappa shape index (κ3) is 4.05. The Morgan fingerprint density at radius 1 is 1.12 bits per heavy atom. The van der Waals surface area contributed by atoms with E-state index >= 15 is 0 Å². The lowest BCUT2D eigenvalue weighted by molar-refractivity contribution is -0.118. The molecule has 0 saturated carbocycles. The number of alkyl halides is 3. The van der Waals surface area contributed by atoms with Gasteiger partial charge in [0.1, 0.15) is 22.2 Å². The monoisotopic (exact) mass is 378 g/mol. The Labute approximate surface area is 151 Å². The molecular formula is C17H13F3N4OS. The molecule has 0 saturated heterocycles. The number of halogens is 3. The SMILES string of the molecule is Cc1nc(-c2ccccn2)sc1C(=O)N(CC(F)(F)F)c1ccccn1. The first kappa shape index (κ1) is 18.0. The highest BCUT2D eigenvalue weighted by molar-refractivity contribution is 7.17. The molecule has 5 nitrogen and oxygen atoms in total. The summed E-state index contributed by atoms with van der Waals surface area (Å²) in [6.07, 6.45) is -1.64. The zero-order valence-electron chi connectivity index (χ0n) is 13.6. The van der Waals surface area contributed by atoms with E-state index in [1.54, 1.807) is 37.4 Å². The molecule has 0 aliphatic heterocycles. The van der Waals surface area contributed by atoms with Crippen LogP contribution in [0.25, 0.3) is 10.7 Å². The van der Waals surface area contributed by atoms with Crippen LogP contribution in [-0.4, -0.2) is 33.6 Å². The van der Waals surface area contributed by atoms with Gasteiger partial charge in [-0.05, 0) is 31.2 Å². The minimum absolute atomic E-state index is 0.0676. The maximum atomic E-state index is 13.0. The molecule has 0 fully saturated rings. The van der Waals surface area contributed by atoms with Gasteiger partial charge in [-0.1, -0.05) is 12.1 Å². The lowest BCUT2D eigenvalue weighted by atomic mass is 10.3. The predicted octanol–water partition coefficient (Wildman–Crippen LogP) is 4.12. The van der Waals surface area contributed by atoms with Crippen molar-refractivity contribution in [2.24, 2.45) is 0 Å². The first-order valence-corrected chi connectivity index (χ1v) is 8.35. The van der Waals surface area contributed by atoms with Gasteiger partial charge in [0.25, 0.3) is 5.91 Å². The van der Waals surface area contributed by atoms with Crippen LogP contribution >= 0.6 is 11.3 Å². The molecule has 26 heavy (non-hydrogen) atoms. The minimum Gasteiger partial charge on any atom is -0.283 e. The lowest BCUT2D eigenvalue weighted by Crippen LogP contribution is -2.39. The number of thiazole rings is 1. The lowest BCUT2D eigenvalue weighted by Gasteiger charge is -2.22. The van der Waals surface area contributed by atoms with Gasteiger partial charge in [-0.3, -0.25) is 14.7 Å². The Bertz CT molecular complexity index is 897. The number of rotatable bonds is 4. The summed E-state index contributed by atoms with van der Waals surface area (Å²) in [5.74, 6) is -0.861. The van der Waals surface area contributed by atoms with Crippen molar-refractivity contribution in [2.45, 2.75) is 13.1 Å². The Kier molecular flexibility index (Phi) is 4.99. The number of hydrogen-bond donors (Lipinski definition) is 0. The Morgan fingerprint density at radius 3 is 2.38 bits per heavy atom. The van der Waals surface area contributed by atoms with Crippen LogP contribution in [0.2, 0.25) is 0 Å². The molecule has 0 N–H and O–H groups in total. The van der Waals surface area contributed by atoms with E-state index in [-0.39, 0.29) is 10.7 Å². The van der Waals surface area contributed by atoms with Gasteiger partial charge in [0.15, 0.2) is 0 Å². The zero-order valence-corrected chi connectivity index (χ0v) is 14.4. The van der Waals surface area contributed by atoms with Gasteiger partial charge < -0.3 is 0 Å². The summed E-state index contributed by atoms with van der Waals surface area (Å²) in [7, 11) is 0. The van der Waals surface area contributed by atoms with E-state index in [4.69, 9.17) is 0 Å². The average molecular weight is 378 g/mol. The van der Waals surface area contributed by atoms with Gasteiger partial charge in [-0.2, -0.15) is 13.2 Å². The molecule has 0 unspecified atom stereocenters. The maximum absolute atomic E-state index is 13.0. The maximum Gasteiger partial charge on any atom is 0.406 e. The largest absolute Gasteiger partial charge is 0.406 e. The van der Waals surface area contributed by atoms with Gasteiger partial charge in [0.05, 0.1) is 11.4 Å². The molecule has 3 heterocycles. The van der Waals surface area contributed by atoms with Crippen LogP contribution in [0.1, 0.15) is 15.4 Å². The highest BCUT2D eigenvalue weighted by Crippen LogP contribution is 2.30. The van der Waals surface area contributed by atoms with Crippen molar-refractivity contribution in [2.75, 3.05) is 11.4 Å². The summed E-state index contributed by atoms with van der Waals surface area (Å²) in [6, 6.07) is 9.68. The molecule has 1 amide bonds. The second-order valence-electron chi connectivity index (χ2n) is 5.34. The standard InChI is InChI=1S/C17H13F3N4OS/c1-11-14(26-15(23-11)12-6-2-4-8-21-12)16(25)24(10-17(18,19)20)13-7-3-5-9-22-13/h2-9H,10H2,1H3. The highest BCUT2D eigenvalue weighted by atomic mass is 32.1. The van der Waals surface area contributed by atoms with Crippen molar-refractivity contribution >= 4 is 23.1 Å². The van der Waals surface area contributed by atoms with Crippen molar-refractivity contribution in [3.63, 3.8) is 0 Å². The van der Waals surface area contributed by atoms with E-state index < -0.39 is 18.6 Å². The van der Waals surface area contributed by atoms with Gasteiger partial charge in [0.2, 0.25) is 0 Å². The third-order valence-electron chi connectivity index (χ3n) is 3.38. The third-order valence-corrected chi connectivity index (χ3v) is 4.55. The summed E-state index contributed by atoms with van der Waals surface area (Å²) in [5, 5.41) is 0.472. The van der Waals surface area contributed by atoms with E-state index in [1.165, 1.54) is 18.3 Å². The van der Waals surface area contributed by atoms with Crippen molar-refractivity contribution in [3.05, 3.63) is 59.4 Å². The topological polar surface area (TPSA) is 59.0 Å². The van der Waals surface area contributed by atoms with Gasteiger partial charge in [-0.15, -0.1) is 11.3 Å². The van der Waals surface area contributed by atoms with Crippen LogP contribution in [0.3, 0.4) is 0 Å². The number of nitrogens with zero attached hydrogens (tertiary/aromatic N) is 4. The van der Waals surface area contributed by atoms with Crippen LogP contribution in [0.15, 0.2) is 48.8 Å². The molecule has 0 aliphatic rings. The first-order chi connectivity index (χ1) is 12.3. The Balaban J connectivity index is 1.98. The molecule has 0 aromatic carbocycles. The summed E-state index contributed by atoms with van der Waals surface area (Å²) >= 11 is 1.01. The summed E-state index contributed by atoms with van der Waals surface area (Å²) in [4.78, 5) is 25.9. The van der Waals surface area contributed by atoms with E-state index in [1.807, 2.05) is 0 Å². The number of hydrogen-bond acceptors (Lipinski definition) is 5.